The number of ketones is 1. The Morgan fingerprint density at radius 1 is 1.06 bits per heavy atom. The average molecular weight is 449 g/mol. The van der Waals surface area contributed by atoms with E-state index in [1.165, 1.54) is 20.3 Å². The van der Waals surface area contributed by atoms with Crippen LogP contribution in [0.4, 0.5) is 13.2 Å². The predicted octanol–water partition coefficient (Wildman–Crippen LogP) is 4.56. The summed E-state index contributed by atoms with van der Waals surface area (Å²) in [5, 5.41) is 3.09. The third-order valence-electron chi connectivity index (χ3n) is 5.46. The molecule has 1 saturated carbocycles. The van der Waals surface area contributed by atoms with E-state index in [0.29, 0.717) is 41.0 Å². The molecule has 0 unspecified atom stereocenters. The van der Waals surface area contributed by atoms with Crippen molar-refractivity contribution < 1.29 is 32.2 Å². The summed E-state index contributed by atoms with van der Waals surface area (Å²) in [5.74, 6) is 0.404. The molecule has 0 spiro atoms. The number of rotatable bonds is 10. The number of esters is 1. The molecule has 0 heterocycles. The zero-order valence-electron chi connectivity index (χ0n) is 18.1. The largest absolute Gasteiger partial charge is 0.496 e. The van der Waals surface area contributed by atoms with Gasteiger partial charge in [-0.05, 0) is 53.8 Å². The molecule has 0 aromatic heterocycles. The number of benzene rings is 2. The molecule has 2 aromatic carbocycles. The number of nitrogens with one attached hydrogen (secondary N) is 1. The van der Waals surface area contributed by atoms with Crippen LogP contribution < -0.4 is 10.1 Å². The van der Waals surface area contributed by atoms with E-state index in [-0.39, 0.29) is 24.7 Å². The highest BCUT2D eigenvalue weighted by molar-refractivity contribution is 5.83. The summed E-state index contributed by atoms with van der Waals surface area (Å²) in [4.78, 5) is 23.6. The van der Waals surface area contributed by atoms with E-state index >= 15 is 0 Å². The van der Waals surface area contributed by atoms with Gasteiger partial charge in [-0.1, -0.05) is 12.1 Å². The van der Waals surface area contributed by atoms with Crippen molar-refractivity contribution in [3.05, 3.63) is 53.1 Å². The quantitative estimate of drug-likeness (QED) is 0.426. The van der Waals surface area contributed by atoms with Crippen molar-refractivity contribution in [3.8, 4) is 16.9 Å². The molecule has 1 fully saturated rings. The van der Waals surface area contributed by atoms with Crippen molar-refractivity contribution >= 4 is 11.8 Å². The molecular weight excluding hydrogens is 423 g/mol. The van der Waals surface area contributed by atoms with Gasteiger partial charge < -0.3 is 14.8 Å². The number of carbonyl (C=O) groups excluding carboxylic acids is 2. The molecule has 5 nitrogen and oxygen atoms in total. The third kappa shape index (κ3) is 6.09. The van der Waals surface area contributed by atoms with E-state index in [0.717, 1.165) is 25.0 Å². The number of hydrogen-bond donors (Lipinski definition) is 1. The highest BCUT2D eigenvalue weighted by atomic mass is 19.4. The SMILES string of the molecule is COC(=O)Cc1ccc(OC)c(-c2ccc(C(F)(F)F)cc2CNCCC(=O)C2CC2)c1. The van der Waals surface area contributed by atoms with E-state index < -0.39 is 17.7 Å². The second-order valence-corrected chi connectivity index (χ2v) is 7.82. The smallest absolute Gasteiger partial charge is 0.416 e. The summed E-state index contributed by atoms with van der Waals surface area (Å²) in [6, 6.07) is 8.66. The Morgan fingerprint density at radius 2 is 1.81 bits per heavy atom. The van der Waals surface area contributed by atoms with Gasteiger partial charge in [-0.25, -0.2) is 0 Å². The Bertz CT molecular complexity index is 984. The lowest BCUT2D eigenvalue weighted by Gasteiger charge is -2.17. The monoisotopic (exact) mass is 449 g/mol. The molecule has 2 aromatic rings. The van der Waals surface area contributed by atoms with Crippen LogP contribution in [0.2, 0.25) is 0 Å². The Kier molecular flexibility index (Phi) is 7.56. The second kappa shape index (κ2) is 10.2. The summed E-state index contributed by atoms with van der Waals surface area (Å²) in [7, 11) is 2.77. The first kappa shape index (κ1) is 23.8. The maximum atomic E-state index is 13.3. The lowest BCUT2D eigenvalue weighted by atomic mass is 9.94. The summed E-state index contributed by atoms with van der Waals surface area (Å²) in [6.07, 6.45) is -2.23. The first-order valence-electron chi connectivity index (χ1n) is 10.4. The van der Waals surface area contributed by atoms with Crippen molar-refractivity contribution in [2.45, 2.75) is 38.4 Å². The maximum Gasteiger partial charge on any atom is 0.416 e. The third-order valence-corrected chi connectivity index (χ3v) is 5.46. The fourth-order valence-electron chi connectivity index (χ4n) is 3.54. The Morgan fingerprint density at radius 3 is 2.44 bits per heavy atom. The number of halogens is 3. The summed E-state index contributed by atoms with van der Waals surface area (Å²) < 4.78 is 50.2. The molecule has 0 amide bonds. The zero-order valence-corrected chi connectivity index (χ0v) is 18.1. The zero-order chi connectivity index (χ0) is 23.3. The maximum absolute atomic E-state index is 13.3. The minimum absolute atomic E-state index is 0.0327. The molecular formula is C24H26F3NO4. The van der Waals surface area contributed by atoms with E-state index in [1.54, 1.807) is 18.2 Å². The van der Waals surface area contributed by atoms with E-state index in [9.17, 15) is 22.8 Å². The highest BCUT2D eigenvalue weighted by Gasteiger charge is 2.31. The fraction of sp³-hybridized carbons (Fsp3) is 0.417. The van der Waals surface area contributed by atoms with Crippen LogP contribution >= 0.6 is 0 Å². The summed E-state index contributed by atoms with van der Waals surface area (Å²) in [6.45, 7) is 0.548. The van der Waals surface area contributed by atoms with Gasteiger partial charge >= 0.3 is 12.1 Å². The van der Waals surface area contributed by atoms with Gasteiger partial charge in [0.05, 0.1) is 26.2 Å². The number of Topliss-reactive ketones (excluding diaryl/α,β-unsaturated/α-hetero) is 1. The molecule has 0 radical (unpaired) electrons. The van der Waals surface area contributed by atoms with Crippen molar-refractivity contribution in [1.29, 1.82) is 0 Å². The molecule has 0 atom stereocenters. The minimum atomic E-state index is -4.48. The predicted molar refractivity (Wildman–Crippen MR) is 113 cm³/mol. The van der Waals surface area contributed by atoms with Gasteiger partial charge in [0.25, 0.3) is 0 Å². The molecule has 1 aliphatic rings. The summed E-state index contributed by atoms with van der Waals surface area (Å²) >= 11 is 0. The van der Waals surface area contributed by atoms with Crippen LogP contribution in [0, 0.1) is 5.92 Å². The van der Waals surface area contributed by atoms with Crippen LogP contribution in [0.5, 0.6) is 5.75 Å². The van der Waals surface area contributed by atoms with Crippen molar-refractivity contribution in [3.63, 3.8) is 0 Å². The van der Waals surface area contributed by atoms with Crippen molar-refractivity contribution in [2.75, 3.05) is 20.8 Å². The lowest BCUT2D eigenvalue weighted by Crippen LogP contribution is -2.19. The molecule has 172 valence electrons. The van der Waals surface area contributed by atoms with Gasteiger partial charge in [0, 0.05) is 31.0 Å². The normalized spacial score (nSPS) is 13.7. The second-order valence-electron chi connectivity index (χ2n) is 7.82. The van der Waals surface area contributed by atoms with E-state index in [2.05, 4.69) is 5.32 Å². The van der Waals surface area contributed by atoms with Crippen molar-refractivity contribution in [1.82, 2.24) is 5.32 Å². The van der Waals surface area contributed by atoms with Gasteiger partial charge in [-0.2, -0.15) is 13.2 Å². The van der Waals surface area contributed by atoms with Crippen LogP contribution in [0.3, 0.4) is 0 Å². The van der Waals surface area contributed by atoms with E-state index in [1.807, 2.05) is 0 Å². The summed E-state index contributed by atoms with van der Waals surface area (Å²) in [5.41, 5.74) is 1.46. The first-order valence-corrected chi connectivity index (χ1v) is 10.4. The van der Waals surface area contributed by atoms with Crippen LogP contribution in [-0.4, -0.2) is 32.5 Å². The van der Waals surface area contributed by atoms with E-state index in [4.69, 9.17) is 9.47 Å². The molecule has 32 heavy (non-hydrogen) atoms. The van der Waals surface area contributed by atoms with Gasteiger partial charge in [0.1, 0.15) is 11.5 Å². The van der Waals surface area contributed by atoms with Crippen LogP contribution in [0.1, 0.15) is 36.0 Å². The number of ether oxygens (including phenoxy) is 2. The Hall–Kier alpha value is -2.87. The van der Waals surface area contributed by atoms with Gasteiger partial charge in [0.15, 0.2) is 0 Å². The number of alkyl halides is 3. The highest BCUT2D eigenvalue weighted by Crippen LogP contribution is 2.37. The minimum Gasteiger partial charge on any atom is -0.496 e. The average Bonchev–Trinajstić information content (AvgIpc) is 3.61. The molecule has 0 aliphatic heterocycles. The Balaban J connectivity index is 1.90. The van der Waals surface area contributed by atoms with Crippen molar-refractivity contribution in [2.24, 2.45) is 5.92 Å². The topological polar surface area (TPSA) is 64.6 Å². The molecule has 0 bridgehead atoms. The van der Waals surface area contributed by atoms with Gasteiger partial charge in [-0.3, -0.25) is 9.59 Å². The molecule has 0 saturated heterocycles. The lowest BCUT2D eigenvalue weighted by molar-refractivity contribution is -0.140. The number of carbonyl (C=O) groups is 2. The Labute approximate surface area is 184 Å². The number of hydrogen-bond acceptors (Lipinski definition) is 5. The van der Waals surface area contributed by atoms with Crippen LogP contribution in [0.25, 0.3) is 11.1 Å². The number of methoxy groups -OCH3 is 2. The van der Waals surface area contributed by atoms with Crippen LogP contribution in [-0.2, 0) is 33.5 Å². The molecule has 1 aliphatic carbocycles. The van der Waals surface area contributed by atoms with Gasteiger partial charge in [0.2, 0.25) is 0 Å². The molecule has 8 heteroatoms. The first-order chi connectivity index (χ1) is 15.2. The fourth-order valence-corrected chi connectivity index (χ4v) is 3.54. The standard InChI is InChI=1S/C24H26F3NO4/c1-31-22-8-3-15(12-23(30)32-2)11-20(22)19-7-6-18(24(25,26)27)13-17(19)14-28-10-9-21(29)16-4-5-16/h3,6-8,11,13,16,28H,4-5,9-10,12,14H2,1-2H3. The van der Waals surface area contributed by atoms with Crippen LogP contribution in [0.15, 0.2) is 36.4 Å². The molecule has 1 N–H and O–H groups in total. The van der Waals surface area contributed by atoms with Gasteiger partial charge in [-0.15, -0.1) is 0 Å². The molecule has 3 rings (SSSR count).